The van der Waals surface area contributed by atoms with Crippen molar-refractivity contribution in [2.24, 2.45) is 10.2 Å². The van der Waals surface area contributed by atoms with Crippen LogP contribution in [0.15, 0.2) is 46.6 Å². The minimum Gasteiger partial charge on any atom is -0.507 e. The Morgan fingerprint density at radius 3 is 2.21 bits per heavy atom. The largest absolute Gasteiger partial charge is 0.507 e. The fraction of sp³-hybridized carbons (Fsp3) is 0.0769. The first-order valence-electron chi connectivity index (χ1n) is 5.43. The van der Waals surface area contributed by atoms with Crippen LogP contribution >= 0.6 is 0 Å². The quantitative estimate of drug-likeness (QED) is 0.451. The molecule has 0 saturated carbocycles. The van der Waals surface area contributed by atoms with E-state index in [-0.39, 0.29) is 23.9 Å². The van der Waals surface area contributed by atoms with Gasteiger partial charge in [0.05, 0.1) is 12.2 Å². The van der Waals surface area contributed by atoms with Crippen LogP contribution in [-0.4, -0.2) is 15.3 Å². The Balaban J connectivity index is 2.10. The predicted octanol–water partition coefficient (Wildman–Crippen LogP) is 3.23. The SMILES string of the molecule is Oc1cc(O)c(CN=Nc2ccc(F)cc2)cc1O. The maximum atomic E-state index is 12.7. The lowest BCUT2D eigenvalue weighted by Gasteiger charge is -2.03. The highest BCUT2D eigenvalue weighted by atomic mass is 19.1. The summed E-state index contributed by atoms with van der Waals surface area (Å²) in [5.41, 5.74) is 0.796. The van der Waals surface area contributed by atoms with Crippen molar-refractivity contribution in [3.05, 3.63) is 47.8 Å². The monoisotopic (exact) mass is 262 g/mol. The van der Waals surface area contributed by atoms with Gasteiger partial charge in [-0.15, -0.1) is 0 Å². The summed E-state index contributed by atoms with van der Waals surface area (Å²) >= 11 is 0. The van der Waals surface area contributed by atoms with E-state index in [1.54, 1.807) is 0 Å². The van der Waals surface area contributed by atoms with Crippen molar-refractivity contribution in [2.45, 2.75) is 6.54 Å². The fourth-order valence-electron chi connectivity index (χ4n) is 1.44. The molecular formula is C13H11FN2O3. The molecule has 0 saturated heterocycles. The molecule has 98 valence electrons. The van der Waals surface area contributed by atoms with E-state index in [9.17, 15) is 14.6 Å². The molecule has 0 radical (unpaired) electrons. The Morgan fingerprint density at radius 2 is 1.53 bits per heavy atom. The van der Waals surface area contributed by atoms with Crippen molar-refractivity contribution in [2.75, 3.05) is 0 Å². The minimum atomic E-state index is -0.406. The molecular weight excluding hydrogens is 251 g/mol. The van der Waals surface area contributed by atoms with Crippen LogP contribution in [-0.2, 0) is 6.54 Å². The van der Waals surface area contributed by atoms with Gasteiger partial charge in [-0.1, -0.05) is 0 Å². The van der Waals surface area contributed by atoms with Crippen molar-refractivity contribution in [3.63, 3.8) is 0 Å². The molecule has 0 aromatic heterocycles. The Labute approximate surface area is 108 Å². The van der Waals surface area contributed by atoms with E-state index in [0.717, 1.165) is 6.07 Å². The van der Waals surface area contributed by atoms with Gasteiger partial charge < -0.3 is 15.3 Å². The van der Waals surface area contributed by atoms with Crippen molar-refractivity contribution >= 4 is 5.69 Å². The average Bonchev–Trinajstić information content (AvgIpc) is 2.38. The van der Waals surface area contributed by atoms with Gasteiger partial charge in [-0.2, -0.15) is 10.2 Å². The van der Waals surface area contributed by atoms with Gasteiger partial charge in [-0.05, 0) is 30.3 Å². The van der Waals surface area contributed by atoms with Crippen molar-refractivity contribution in [1.82, 2.24) is 0 Å². The summed E-state index contributed by atoms with van der Waals surface area (Å²) in [4.78, 5) is 0. The van der Waals surface area contributed by atoms with Crippen LogP contribution in [0.1, 0.15) is 5.56 Å². The topological polar surface area (TPSA) is 85.4 Å². The van der Waals surface area contributed by atoms with Gasteiger partial charge in [0, 0.05) is 11.6 Å². The number of aromatic hydroxyl groups is 3. The molecule has 2 aromatic rings. The predicted molar refractivity (Wildman–Crippen MR) is 66.1 cm³/mol. The molecule has 0 spiro atoms. The molecule has 0 aliphatic heterocycles. The minimum absolute atomic E-state index is 0.0249. The number of benzene rings is 2. The number of halogens is 1. The van der Waals surface area contributed by atoms with Gasteiger partial charge in [0.1, 0.15) is 11.6 Å². The summed E-state index contributed by atoms with van der Waals surface area (Å²) < 4.78 is 12.7. The third kappa shape index (κ3) is 3.19. The van der Waals surface area contributed by atoms with E-state index in [1.807, 2.05) is 0 Å². The Morgan fingerprint density at radius 1 is 0.895 bits per heavy atom. The first-order chi connectivity index (χ1) is 9.06. The first-order valence-corrected chi connectivity index (χ1v) is 5.43. The van der Waals surface area contributed by atoms with E-state index < -0.39 is 5.75 Å². The van der Waals surface area contributed by atoms with Crippen molar-refractivity contribution in [3.8, 4) is 17.2 Å². The summed E-state index contributed by atoms with van der Waals surface area (Å²) in [7, 11) is 0. The second-order valence-corrected chi connectivity index (χ2v) is 3.85. The zero-order valence-electron chi connectivity index (χ0n) is 9.79. The zero-order chi connectivity index (χ0) is 13.8. The van der Waals surface area contributed by atoms with Gasteiger partial charge in [0.25, 0.3) is 0 Å². The Hall–Kier alpha value is -2.63. The van der Waals surface area contributed by atoms with Crippen molar-refractivity contribution < 1.29 is 19.7 Å². The Kier molecular flexibility index (Phi) is 3.61. The van der Waals surface area contributed by atoms with Crippen LogP contribution in [0, 0.1) is 5.82 Å². The number of hydrogen-bond donors (Lipinski definition) is 3. The normalized spacial score (nSPS) is 11.0. The van der Waals surface area contributed by atoms with Crippen LogP contribution in [0.3, 0.4) is 0 Å². The smallest absolute Gasteiger partial charge is 0.161 e. The Bertz CT molecular complexity index is 612. The first kappa shape index (κ1) is 12.8. The second kappa shape index (κ2) is 5.34. The van der Waals surface area contributed by atoms with Gasteiger partial charge in [-0.3, -0.25) is 0 Å². The summed E-state index contributed by atoms with van der Waals surface area (Å²) in [6.07, 6.45) is 0. The van der Waals surface area contributed by atoms with E-state index in [0.29, 0.717) is 11.3 Å². The summed E-state index contributed by atoms with van der Waals surface area (Å²) in [6.45, 7) is 0.0249. The highest BCUT2D eigenvalue weighted by Gasteiger charge is 2.07. The molecule has 0 amide bonds. The third-order valence-electron chi connectivity index (χ3n) is 2.43. The summed E-state index contributed by atoms with van der Waals surface area (Å²) in [5.74, 6) is -1.30. The molecule has 0 aliphatic rings. The van der Waals surface area contributed by atoms with E-state index in [2.05, 4.69) is 10.2 Å². The lowest BCUT2D eigenvalue weighted by atomic mass is 10.2. The highest BCUT2D eigenvalue weighted by molar-refractivity contribution is 5.48. The van der Waals surface area contributed by atoms with Gasteiger partial charge in [0.2, 0.25) is 0 Å². The third-order valence-corrected chi connectivity index (χ3v) is 2.43. The lowest BCUT2D eigenvalue weighted by molar-refractivity contribution is 0.394. The van der Waals surface area contributed by atoms with Gasteiger partial charge >= 0.3 is 0 Å². The van der Waals surface area contributed by atoms with Crippen molar-refractivity contribution in [1.29, 1.82) is 0 Å². The molecule has 0 heterocycles. The number of azo groups is 1. The highest BCUT2D eigenvalue weighted by Crippen LogP contribution is 2.32. The van der Waals surface area contributed by atoms with Crippen LogP contribution in [0.25, 0.3) is 0 Å². The molecule has 5 nitrogen and oxygen atoms in total. The molecule has 3 N–H and O–H groups in total. The number of rotatable bonds is 3. The van der Waals surface area contributed by atoms with Gasteiger partial charge in [-0.25, -0.2) is 4.39 Å². The lowest BCUT2D eigenvalue weighted by Crippen LogP contribution is -1.82. The molecule has 2 aromatic carbocycles. The van der Waals surface area contributed by atoms with Crippen LogP contribution < -0.4 is 0 Å². The molecule has 0 unspecified atom stereocenters. The molecule has 6 heteroatoms. The fourth-order valence-corrected chi connectivity index (χ4v) is 1.44. The van der Waals surface area contributed by atoms with E-state index in [1.165, 1.54) is 30.3 Å². The number of hydrogen-bond acceptors (Lipinski definition) is 5. The zero-order valence-corrected chi connectivity index (χ0v) is 9.79. The maximum Gasteiger partial charge on any atom is 0.161 e. The molecule has 0 aliphatic carbocycles. The molecule has 0 fully saturated rings. The molecule has 2 rings (SSSR count). The van der Waals surface area contributed by atoms with Crippen LogP contribution in [0.2, 0.25) is 0 Å². The van der Waals surface area contributed by atoms with Gasteiger partial charge in [0.15, 0.2) is 11.5 Å². The molecule has 0 bridgehead atoms. The number of phenols is 3. The molecule has 19 heavy (non-hydrogen) atoms. The number of nitrogens with zero attached hydrogens (tertiary/aromatic N) is 2. The van der Waals surface area contributed by atoms with E-state index >= 15 is 0 Å². The standard InChI is InChI=1S/C13H11FN2O3/c14-9-1-3-10(4-2-9)16-15-7-8-5-12(18)13(19)6-11(8)17/h1-6,17-19H,7H2. The van der Waals surface area contributed by atoms with E-state index in [4.69, 9.17) is 5.11 Å². The summed E-state index contributed by atoms with van der Waals surface area (Å²) in [5, 5.41) is 35.6. The second-order valence-electron chi connectivity index (χ2n) is 3.85. The van der Waals surface area contributed by atoms with Crippen LogP contribution in [0.5, 0.6) is 17.2 Å². The summed E-state index contributed by atoms with van der Waals surface area (Å²) in [6, 6.07) is 7.68. The average molecular weight is 262 g/mol. The van der Waals surface area contributed by atoms with Crippen LogP contribution in [0.4, 0.5) is 10.1 Å². The number of phenolic OH excluding ortho intramolecular Hbond substituents is 3. The maximum absolute atomic E-state index is 12.7. The molecule has 0 atom stereocenters.